The number of nitrogens with one attached hydrogen (secondary N) is 1. The molecule has 0 fully saturated rings. The fraction of sp³-hybridized carbons (Fsp3) is 0.360. The highest BCUT2D eigenvalue weighted by molar-refractivity contribution is 7.89. The first-order chi connectivity index (χ1) is 16.7. The van der Waals surface area contributed by atoms with Gasteiger partial charge < -0.3 is 15.2 Å². The van der Waals surface area contributed by atoms with Crippen molar-refractivity contribution in [2.45, 2.75) is 50.3 Å². The van der Waals surface area contributed by atoms with E-state index in [9.17, 15) is 27.5 Å². The summed E-state index contributed by atoms with van der Waals surface area (Å²) in [6.45, 7) is 6.46. The largest absolute Gasteiger partial charge is 0.443 e. The molecule has 11 heteroatoms. The van der Waals surface area contributed by atoms with E-state index in [-0.39, 0.29) is 4.90 Å². The van der Waals surface area contributed by atoms with Gasteiger partial charge in [0.15, 0.2) is 0 Å². The lowest BCUT2D eigenvalue weighted by Gasteiger charge is -2.22. The minimum atomic E-state index is -3.94. The van der Waals surface area contributed by atoms with Crippen LogP contribution < -0.4 is 5.32 Å². The number of likely N-dealkylation sites (N-methyl/N-ethyl adjacent to an activating group) is 1. The molecule has 0 aliphatic carbocycles. The van der Waals surface area contributed by atoms with E-state index >= 15 is 0 Å². The number of amides is 1. The molecule has 0 bridgehead atoms. The third-order valence-corrected chi connectivity index (χ3v) is 8.06. The van der Waals surface area contributed by atoms with Gasteiger partial charge in [-0.3, -0.25) is 9.36 Å². The lowest BCUT2D eigenvalue weighted by molar-refractivity contribution is -0.129. The van der Waals surface area contributed by atoms with Crippen LogP contribution in [0, 0.1) is 5.82 Å². The van der Waals surface area contributed by atoms with Gasteiger partial charge in [0, 0.05) is 36.8 Å². The van der Waals surface area contributed by atoms with Gasteiger partial charge in [-0.25, -0.2) is 17.6 Å². The fourth-order valence-electron chi connectivity index (χ4n) is 4.34. The average Bonchev–Trinajstić information content (AvgIpc) is 3.26. The second kappa shape index (κ2) is 8.99. The van der Waals surface area contributed by atoms with E-state index in [4.69, 9.17) is 4.74 Å². The summed E-state index contributed by atoms with van der Waals surface area (Å²) in [5.74, 6) is -1.20. The van der Waals surface area contributed by atoms with Crippen molar-refractivity contribution < 1.29 is 32.2 Å². The van der Waals surface area contributed by atoms with E-state index in [1.807, 2.05) is 0 Å². The predicted molar refractivity (Wildman–Crippen MR) is 131 cm³/mol. The van der Waals surface area contributed by atoms with Crippen molar-refractivity contribution >= 4 is 32.9 Å². The van der Waals surface area contributed by atoms with Gasteiger partial charge in [-0.2, -0.15) is 4.31 Å². The monoisotopic (exact) mass is 517 g/mol. The van der Waals surface area contributed by atoms with Crippen molar-refractivity contribution in [2.75, 3.05) is 13.6 Å². The molecule has 0 saturated carbocycles. The minimum Gasteiger partial charge on any atom is -0.443 e. The number of ether oxygens (including phenoxy) is 1. The Morgan fingerprint density at radius 1 is 1.19 bits per heavy atom. The number of β-amino-alcohol motifs (C(OH)–C–C–N with tert-alkyl or cyclic N) is 1. The normalized spacial score (nSPS) is 18.1. The molecule has 2 heterocycles. The first kappa shape index (κ1) is 25.8. The van der Waals surface area contributed by atoms with Crippen LogP contribution in [0.1, 0.15) is 39.3 Å². The van der Waals surface area contributed by atoms with E-state index in [1.54, 1.807) is 52.1 Å². The minimum absolute atomic E-state index is 0.0739. The lowest BCUT2D eigenvalue weighted by Crippen LogP contribution is -2.42. The standard InChI is InChI=1S/C25H28FN3O6S/c1-14-18-10-15(6-9-22(18)36(33,34)29(14)13-21(30)23(31)27-5)19-12-28(24(32)35-25(2,3)4)20-11-16(26)7-8-17(19)20/h6-12,14,21,30H,13H2,1-5H3,(H,27,31). The molecular formula is C25H28FN3O6S. The van der Waals surface area contributed by atoms with Crippen molar-refractivity contribution in [1.82, 2.24) is 14.2 Å². The van der Waals surface area contributed by atoms with E-state index in [0.717, 1.165) is 4.31 Å². The van der Waals surface area contributed by atoms with Crippen molar-refractivity contribution in [3.8, 4) is 11.1 Å². The Kier molecular flexibility index (Phi) is 6.44. The number of aromatic nitrogens is 1. The van der Waals surface area contributed by atoms with Crippen molar-refractivity contribution in [1.29, 1.82) is 0 Å². The van der Waals surface area contributed by atoms with Crippen LogP contribution in [0.25, 0.3) is 22.0 Å². The van der Waals surface area contributed by atoms with Crippen LogP contribution in [-0.2, 0) is 19.6 Å². The van der Waals surface area contributed by atoms with Crippen molar-refractivity contribution in [3.05, 3.63) is 54.0 Å². The Morgan fingerprint density at radius 3 is 2.53 bits per heavy atom. The van der Waals surface area contributed by atoms with E-state index in [0.29, 0.717) is 27.6 Å². The Hall–Kier alpha value is -3.28. The number of hydrogen-bond acceptors (Lipinski definition) is 6. The average molecular weight is 518 g/mol. The topological polar surface area (TPSA) is 118 Å². The smallest absolute Gasteiger partial charge is 0.419 e. The van der Waals surface area contributed by atoms with Crippen LogP contribution in [0.4, 0.5) is 9.18 Å². The highest BCUT2D eigenvalue weighted by atomic mass is 32.2. The number of rotatable bonds is 4. The Labute approximate surface area is 208 Å². The summed E-state index contributed by atoms with van der Waals surface area (Å²) in [7, 11) is -2.59. The van der Waals surface area contributed by atoms with Crippen molar-refractivity contribution in [3.63, 3.8) is 0 Å². The molecule has 1 amide bonds. The summed E-state index contributed by atoms with van der Waals surface area (Å²) in [4.78, 5) is 24.7. The van der Waals surface area contributed by atoms with E-state index in [1.165, 1.54) is 29.8 Å². The predicted octanol–water partition coefficient (Wildman–Crippen LogP) is 3.40. The van der Waals surface area contributed by atoms with Crippen LogP contribution >= 0.6 is 0 Å². The van der Waals surface area contributed by atoms with Gasteiger partial charge in [-0.15, -0.1) is 0 Å². The zero-order valence-electron chi connectivity index (χ0n) is 20.6. The van der Waals surface area contributed by atoms with E-state index < -0.39 is 52.1 Å². The molecule has 2 N–H and O–H groups in total. The van der Waals surface area contributed by atoms with Gasteiger partial charge in [-0.1, -0.05) is 6.07 Å². The summed E-state index contributed by atoms with van der Waals surface area (Å²) in [6.07, 6.45) is -0.653. The van der Waals surface area contributed by atoms with Crippen LogP contribution in [0.5, 0.6) is 0 Å². The SMILES string of the molecule is CNC(=O)C(O)CN1C(C)c2cc(-c3cn(C(=O)OC(C)(C)C)c4cc(F)ccc34)ccc2S1(=O)=O. The van der Waals surface area contributed by atoms with Crippen LogP contribution in [0.15, 0.2) is 47.5 Å². The summed E-state index contributed by atoms with van der Waals surface area (Å²) >= 11 is 0. The van der Waals surface area contributed by atoms with Crippen molar-refractivity contribution in [2.24, 2.45) is 0 Å². The summed E-state index contributed by atoms with van der Waals surface area (Å²) < 4.78 is 48.2. The molecule has 0 radical (unpaired) electrons. The zero-order valence-corrected chi connectivity index (χ0v) is 21.4. The third kappa shape index (κ3) is 4.49. The summed E-state index contributed by atoms with van der Waals surface area (Å²) in [6, 6.07) is 8.20. The number of nitrogens with zero attached hydrogens (tertiary/aromatic N) is 2. The van der Waals surface area contributed by atoms with Gasteiger partial charge in [0.25, 0.3) is 0 Å². The maximum atomic E-state index is 14.1. The fourth-order valence-corrected chi connectivity index (χ4v) is 6.22. The lowest BCUT2D eigenvalue weighted by atomic mass is 9.99. The van der Waals surface area contributed by atoms with Gasteiger partial charge >= 0.3 is 6.09 Å². The molecule has 192 valence electrons. The highest BCUT2D eigenvalue weighted by Gasteiger charge is 2.42. The number of hydrogen-bond donors (Lipinski definition) is 2. The molecule has 9 nitrogen and oxygen atoms in total. The molecule has 4 rings (SSSR count). The summed E-state index contributed by atoms with van der Waals surface area (Å²) in [5.41, 5.74) is 1.24. The second-order valence-electron chi connectivity index (χ2n) is 9.69. The Bertz CT molecular complexity index is 1470. The molecule has 36 heavy (non-hydrogen) atoms. The number of aliphatic hydroxyl groups excluding tert-OH is 1. The van der Waals surface area contributed by atoms with Crippen LogP contribution in [0.2, 0.25) is 0 Å². The number of carbonyl (C=O) groups excluding carboxylic acids is 2. The molecule has 1 aromatic heterocycles. The molecular weight excluding hydrogens is 489 g/mol. The Balaban J connectivity index is 1.80. The first-order valence-electron chi connectivity index (χ1n) is 11.3. The highest BCUT2D eigenvalue weighted by Crippen LogP contribution is 2.42. The van der Waals surface area contributed by atoms with Gasteiger partial charge in [-0.05, 0) is 69.2 Å². The van der Waals surface area contributed by atoms with Gasteiger partial charge in [0.05, 0.1) is 10.4 Å². The third-order valence-electron chi connectivity index (χ3n) is 6.05. The maximum Gasteiger partial charge on any atom is 0.419 e. The van der Waals surface area contributed by atoms with Gasteiger partial charge in [0.2, 0.25) is 15.9 Å². The molecule has 1 aliphatic heterocycles. The number of aliphatic hydroxyl groups is 1. The molecule has 0 spiro atoms. The number of halogens is 1. The maximum absolute atomic E-state index is 14.1. The second-order valence-corrected chi connectivity index (χ2v) is 11.5. The van der Waals surface area contributed by atoms with E-state index in [2.05, 4.69) is 5.32 Å². The zero-order chi connectivity index (χ0) is 26.6. The molecule has 1 aliphatic rings. The van der Waals surface area contributed by atoms with Crippen LogP contribution in [0.3, 0.4) is 0 Å². The summed E-state index contributed by atoms with van der Waals surface area (Å²) in [5, 5.41) is 13.0. The van der Waals surface area contributed by atoms with Gasteiger partial charge in [0.1, 0.15) is 17.5 Å². The number of fused-ring (bicyclic) bond motifs is 2. The Morgan fingerprint density at radius 2 is 1.89 bits per heavy atom. The molecule has 2 unspecified atom stereocenters. The molecule has 3 aromatic rings. The number of sulfonamides is 1. The molecule has 0 saturated heterocycles. The first-order valence-corrected chi connectivity index (χ1v) is 12.8. The molecule has 2 atom stereocenters. The molecule has 2 aromatic carbocycles. The van der Waals surface area contributed by atoms with Crippen LogP contribution in [-0.4, -0.2) is 59.7 Å². The quantitative estimate of drug-likeness (QED) is 0.548. The number of carbonyl (C=O) groups is 2. The number of benzene rings is 2.